The molecule has 7 nitrogen and oxygen atoms in total. The van der Waals surface area contributed by atoms with Crippen molar-refractivity contribution in [3.63, 3.8) is 0 Å². The Hall–Kier alpha value is -1.77. The third kappa shape index (κ3) is 3.82. The maximum Gasteiger partial charge on any atom is 0.259 e. The molecule has 4 rings (SSSR count). The van der Waals surface area contributed by atoms with Gasteiger partial charge in [-0.3, -0.25) is 4.79 Å². The topological polar surface area (TPSA) is 85.9 Å². The number of hydrogen-bond acceptors (Lipinski definition) is 6. The number of nitrogens with one attached hydrogen (secondary N) is 3. The molecule has 4 heterocycles. The molecule has 2 aromatic rings. The highest BCUT2D eigenvalue weighted by molar-refractivity contribution is 8.04. The summed E-state index contributed by atoms with van der Waals surface area (Å²) >= 11 is 1.61. The minimum Gasteiger partial charge on any atom is -0.348 e. The first-order valence-electron chi connectivity index (χ1n) is 8.64. The van der Waals surface area contributed by atoms with E-state index in [9.17, 15) is 4.79 Å². The van der Waals surface area contributed by atoms with Gasteiger partial charge in [-0.25, -0.2) is 9.97 Å². The molecule has 2 aromatic heterocycles. The molecule has 2 aliphatic heterocycles. The van der Waals surface area contributed by atoms with E-state index in [0.29, 0.717) is 0 Å². The average molecular weight is 395 g/mol. The first kappa shape index (κ1) is 19.0. The van der Waals surface area contributed by atoms with E-state index in [2.05, 4.69) is 30.5 Å². The predicted octanol–water partition coefficient (Wildman–Crippen LogP) is 1.95. The van der Waals surface area contributed by atoms with Gasteiger partial charge in [0.2, 0.25) is 0 Å². The number of H-pyrrole nitrogens is 1. The van der Waals surface area contributed by atoms with Crippen molar-refractivity contribution < 1.29 is 4.79 Å². The van der Waals surface area contributed by atoms with Gasteiger partial charge in [0.1, 0.15) is 17.8 Å². The number of aromatic amines is 1. The molecule has 140 valence electrons. The van der Waals surface area contributed by atoms with Gasteiger partial charge >= 0.3 is 0 Å². The van der Waals surface area contributed by atoms with Crippen LogP contribution in [0.2, 0.25) is 0 Å². The van der Waals surface area contributed by atoms with Crippen molar-refractivity contribution in [1.29, 1.82) is 0 Å². The van der Waals surface area contributed by atoms with Crippen molar-refractivity contribution in [1.82, 2.24) is 25.6 Å². The Morgan fingerprint density at radius 2 is 2.31 bits per heavy atom. The number of carbonyl (C=O) groups is 1. The van der Waals surface area contributed by atoms with E-state index in [1.165, 1.54) is 0 Å². The molecule has 0 bridgehead atoms. The van der Waals surface area contributed by atoms with Crippen LogP contribution in [-0.2, 0) is 4.79 Å². The van der Waals surface area contributed by atoms with Crippen molar-refractivity contribution in [2.75, 3.05) is 30.3 Å². The lowest BCUT2D eigenvalue weighted by Gasteiger charge is -2.28. The van der Waals surface area contributed by atoms with Crippen LogP contribution in [-0.4, -0.2) is 52.3 Å². The summed E-state index contributed by atoms with van der Waals surface area (Å²) < 4.78 is 0. The fraction of sp³-hybridized carbons (Fsp3) is 0.471. The minimum atomic E-state index is 0. The molecule has 2 aliphatic rings. The number of fused-ring (bicyclic) bond motifs is 1. The molecule has 3 N–H and O–H groups in total. The quantitative estimate of drug-likeness (QED) is 0.737. The summed E-state index contributed by atoms with van der Waals surface area (Å²) in [6.07, 6.45) is 7.57. The summed E-state index contributed by atoms with van der Waals surface area (Å²) in [5.41, 5.74) is 1.94. The predicted molar refractivity (Wildman–Crippen MR) is 108 cm³/mol. The van der Waals surface area contributed by atoms with E-state index < -0.39 is 0 Å². The molecule has 0 radical (unpaired) electrons. The number of anilines is 1. The third-order valence-electron chi connectivity index (χ3n) is 4.64. The Kier molecular flexibility index (Phi) is 6.05. The molecular weight excluding hydrogens is 372 g/mol. The molecule has 0 spiro atoms. The van der Waals surface area contributed by atoms with E-state index in [0.717, 1.165) is 65.5 Å². The van der Waals surface area contributed by atoms with E-state index >= 15 is 0 Å². The van der Waals surface area contributed by atoms with E-state index in [1.807, 2.05) is 19.3 Å². The van der Waals surface area contributed by atoms with Gasteiger partial charge in [-0.2, -0.15) is 0 Å². The highest BCUT2D eigenvalue weighted by Crippen LogP contribution is 2.30. The normalized spacial score (nSPS) is 20.4. The lowest BCUT2D eigenvalue weighted by molar-refractivity contribution is -0.117. The molecule has 0 aliphatic carbocycles. The molecular formula is C17H23ClN6OS. The highest BCUT2D eigenvalue weighted by Gasteiger charge is 2.23. The number of halogens is 1. The standard InChI is InChI=1S/C17H22N6OS.ClH/c1-11-7-19-15-14(11)16(21-10-20-15)23-5-6-25-13(9-23)17(24)22-12-3-2-4-18-8-12;/h7,9-10,12,18H,2-6,8H2,1H3,(H,22,24)(H,19,20,21);1H/t12-;/m1./s1. The van der Waals surface area contributed by atoms with Gasteiger partial charge in [-0.1, -0.05) is 0 Å². The largest absolute Gasteiger partial charge is 0.348 e. The van der Waals surface area contributed by atoms with Crippen LogP contribution < -0.4 is 15.5 Å². The number of nitrogens with zero attached hydrogens (tertiary/aromatic N) is 3. The number of amides is 1. The summed E-state index contributed by atoms with van der Waals surface area (Å²) in [4.78, 5) is 27.4. The summed E-state index contributed by atoms with van der Waals surface area (Å²) in [7, 11) is 0. The number of piperidine rings is 1. The van der Waals surface area contributed by atoms with Gasteiger partial charge in [0.25, 0.3) is 5.91 Å². The molecule has 9 heteroatoms. The Morgan fingerprint density at radius 3 is 3.12 bits per heavy atom. The number of rotatable bonds is 3. The molecule has 0 saturated carbocycles. The van der Waals surface area contributed by atoms with Crippen molar-refractivity contribution in [3.05, 3.63) is 29.2 Å². The van der Waals surface area contributed by atoms with Crippen LogP contribution in [0.5, 0.6) is 0 Å². The van der Waals surface area contributed by atoms with Crippen LogP contribution in [0.1, 0.15) is 18.4 Å². The second-order valence-electron chi connectivity index (χ2n) is 6.44. The van der Waals surface area contributed by atoms with Crippen LogP contribution in [0.25, 0.3) is 11.0 Å². The maximum atomic E-state index is 12.6. The lowest BCUT2D eigenvalue weighted by Crippen LogP contribution is -2.46. The van der Waals surface area contributed by atoms with Gasteiger partial charge < -0.3 is 20.5 Å². The van der Waals surface area contributed by atoms with Crippen LogP contribution in [0.15, 0.2) is 23.6 Å². The Labute approximate surface area is 162 Å². The number of carbonyl (C=O) groups excluding carboxylic acids is 1. The average Bonchev–Trinajstić information content (AvgIpc) is 3.04. The summed E-state index contributed by atoms with van der Waals surface area (Å²) in [5.74, 6) is 1.73. The van der Waals surface area contributed by atoms with Crippen molar-refractivity contribution in [2.45, 2.75) is 25.8 Å². The zero-order valence-corrected chi connectivity index (χ0v) is 16.3. The highest BCUT2D eigenvalue weighted by atomic mass is 35.5. The van der Waals surface area contributed by atoms with Gasteiger partial charge in [0.05, 0.1) is 10.3 Å². The zero-order valence-electron chi connectivity index (χ0n) is 14.6. The zero-order chi connectivity index (χ0) is 17.2. The maximum absolute atomic E-state index is 12.6. The van der Waals surface area contributed by atoms with Crippen molar-refractivity contribution in [2.24, 2.45) is 0 Å². The minimum absolute atomic E-state index is 0. The van der Waals surface area contributed by atoms with Gasteiger partial charge in [0.15, 0.2) is 0 Å². The fourth-order valence-electron chi connectivity index (χ4n) is 3.34. The molecule has 1 saturated heterocycles. The number of aromatic nitrogens is 3. The smallest absolute Gasteiger partial charge is 0.259 e. The number of hydrogen-bond donors (Lipinski definition) is 3. The van der Waals surface area contributed by atoms with Crippen LogP contribution in [0, 0.1) is 6.92 Å². The SMILES string of the molecule is Cc1c[nH]c2ncnc(N3C=C(C(=O)N[C@@H]4CCCNC4)SCC3)c12.Cl. The van der Waals surface area contributed by atoms with E-state index in [1.54, 1.807) is 18.1 Å². The monoisotopic (exact) mass is 394 g/mol. The first-order valence-corrected chi connectivity index (χ1v) is 9.62. The Balaban J connectivity index is 0.00000196. The summed E-state index contributed by atoms with van der Waals surface area (Å²) in [6.45, 7) is 4.75. The summed E-state index contributed by atoms with van der Waals surface area (Å²) in [5, 5.41) is 7.49. The number of aryl methyl sites for hydroxylation is 1. The van der Waals surface area contributed by atoms with Gasteiger partial charge in [-0.05, 0) is 31.9 Å². The van der Waals surface area contributed by atoms with Gasteiger partial charge in [0, 0.05) is 37.3 Å². The second-order valence-corrected chi connectivity index (χ2v) is 7.58. The van der Waals surface area contributed by atoms with Crippen molar-refractivity contribution >= 4 is 46.9 Å². The summed E-state index contributed by atoms with van der Waals surface area (Å²) in [6, 6.07) is 0.218. The van der Waals surface area contributed by atoms with Gasteiger partial charge in [-0.15, -0.1) is 24.2 Å². The molecule has 26 heavy (non-hydrogen) atoms. The molecule has 0 aromatic carbocycles. The van der Waals surface area contributed by atoms with E-state index in [-0.39, 0.29) is 24.4 Å². The van der Waals surface area contributed by atoms with Crippen molar-refractivity contribution in [3.8, 4) is 0 Å². The molecule has 1 fully saturated rings. The molecule has 0 unspecified atom stereocenters. The van der Waals surface area contributed by atoms with Crippen LogP contribution in [0.4, 0.5) is 5.82 Å². The third-order valence-corrected chi connectivity index (χ3v) is 5.63. The molecule has 1 atom stereocenters. The lowest BCUT2D eigenvalue weighted by atomic mass is 10.1. The first-order chi connectivity index (χ1) is 12.2. The Morgan fingerprint density at radius 1 is 1.42 bits per heavy atom. The molecule has 1 amide bonds. The van der Waals surface area contributed by atoms with Crippen LogP contribution in [0.3, 0.4) is 0 Å². The van der Waals surface area contributed by atoms with Crippen LogP contribution >= 0.6 is 24.2 Å². The fourth-order valence-corrected chi connectivity index (χ4v) is 4.24. The number of thioether (sulfide) groups is 1. The van der Waals surface area contributed by atoms with E-state index in [4.69, 9.17) is 0 Å². The Bertz CT molecular complexity index is 817. The second kappa shape index (κ2) is 8.28.